The third-order valence-electron chi connectivity index (χ3n) is 3.99. The molecule has 0 aromatic carbocycles. The third kappa shape index (κ3) is 1.32. The zero-order valence-electron chi connectivity index (χ0n) is 8.49. The first-order chi connectivity index (χ1) is 4.88. The van der Waals surface area contributed by atoms with E-state index in [4.69, 9.17) is 0 Å². The van der Waals surface area contributed by atoms with Crippen molar-refractivity contribution in [2.45, 2.75) is 47.5 Å². The Balaban J connectivity index is 2.82. The van der Waals surface area contributed by atoms with Crippen molar-refractivity contribution in [1.82, 2.24) is 0 Å². The molecule has 1 atom stereocenters. The van der Waals surface area contributed by atoms with Crippen LogP contribution in [0.3, 0.4) is 0 Å². The maximum atomic E-state index is 3.58. The van der Waals surface area contributed by atoms with Gasteiger partial charge in [-0.2, -0.15) is 0 Å². The maximum absolute atomic E-state index is 3.58. The summed E-state index contributed by atoms with van der Waals surface area (Å²) in [6.45, 7) is 11.7. The molecule has 0 spiro atoms. The van der Waals surface area contributed by atoms with Gasteiger partial charge in [0, 0.05) is 0 Å². The first-order valence-corrected chi connectivity index (χ1v) is 4.63. The van der Waals surface area contributed by atoms with Gasteiger partial charge in [0.05, 0.1) is 0 Å². The lowest BCUT2D eigenvalue weighted by Gasteiger charge is -2.49. The van der Waals surface area contributed by atoms with Crippen LogP contribution in [0.1, 0.15) is 47.5 Å². The molecule has 1 aliphatic carbocycles. The van der Waals surface area contributed by atoms with E-state index in [1.54, 1.807) is 0 Å². The summed E-state index contributed by atoms with van der Waals surface area (Å²) in [5.41, 5.74) is 0.718. The summed E-state index contributed by atoms with van der Waals surface area (Å²) in [6.07, 6.45) is 6.07. The fourth-order valence-electron chi connectivity index (χ4n) is 1.81. The molecule has 1 aliphatic rings. The third-order valence-corrected chi connectivity index (χ3v) is 3.99. The Morgan fingerprint density at radius 2 is 1.73 bits per heavy atom. The molecule has 1 saturated carbocycles. The summed E-state index contributed by atoms with van der Waals surface area (Å²) < 4.78 is 0. The average molecular weight is 152 g/mol. The largest absolute Gasteiger partial charge is 0.0620 e. The second kappa shape index (κ2) is 2.50. The van der Waals surface area contributed by atoms with Crippen LogP contribution in [0.15, 0.2) is 0 Å². The molecule has 1 unspecified atom stereocenters. The molecule has 0 aliphatic heterocycles. The fraction of sp³-hybridized carbons (Fsp3) is 0.909. The average Bonchev–Trinajstić information content (AvgIpc) is 1.84. The summed E-state index contributed by atoms with van der Waals surface area (Å²) in [5, 5.41) is 0. The minimum absolute atomic E-state index is 0.296. The van der Waals surface area contributed by atoms with Crippen molar-refractivity contribution < 1.29 is 0 Å². The predicted octanol–water partition coefficient (Wildman–Crippen LogP) is 3.55. The Morgan fingerprint density at radius 3 is 2.09 bits per heavy atom. The zero-order valence-corrected chi connectivity index (χ0v) is 8.49. The molecule has 1 fully saturated rings. The van der Waals surface area contributed by atoms with E-state index in [2.05, 4.69) is 41.0 Å². The van der Waals surface area contributed by atoms with Gasteiger partial charge in [0.25, 0.3) is 0 Å². The topological polar surface area (TPSA) is 0 Å². The van der Waals surface area contributed by atoms with Crippen molar-refractivity contribution in [1.29, 1.82) is 0 Å². The van der Waals surface area contributed by atoms with Crippen LogP contribution in [-0.4, -0.2) is 0 Å². The van der Waals surface area contributed by atoms with Gasteiger partial charge < -0.3 is 0 Å². The Kier molecular flexibility index (Phi) is 2.07. The van der Waals surface area contributed by atoms with Crippen LogP contribution in [-0.2, 0) is 0 Å². The molecule has 0 heterocycles. The SMILES string of the molecule is CC1CC[C]C(C)(C)C1(C)C. The quantitative estimate of drug-likeness (QED) is 0.498. The summed E-state index contributed by atoms with van der Waals surface area (Å²) in [5.74, 6) is 0.832. The highest BCUT2D eigenvalue weighted by atomic mass is 14.5. The highest BCUT2D eigenvalue weighted by Gasteiger charge is 2.43. The zero-order chi connectivity index (χ0) is 8.70. The molecule has 0 bridgehead atoms. The monoisotopic (exact) mass is 152 g/mol. The number of hydrogen-bond acceptors (Lipinski definition) is 0. The highest BCUT2D eigenvalue weighted by Crippen LogP contribution is 2.52. The smallest absolute Gasteiger partial charge is 0.0106 e. The standard InChI is InChI=1S/C11H20/c1-9-7-6-8-10(2,3)11(9,4)5/h9H,6-7H2,1-5H3. The lowest BCUT2D eigenvalue weighted by atomic mass is 9.55. The lowest BCUT2D eigenvalue weighted by Crippen LogP contribution is -2.41. The molecule has 0 aromatic rings. The molecule has 2 radical (unpaired) electrons. The summed E-state index contributed by atoms with van der Waals surface area (Å²) in [7, 11) is 0. The summed E-state index contributed by atoms with van der Waals surface area (Å²) in [6, 6.07) is 0. The fourth-order valence-corrected chi connectivity index (χ4v) is 1.81. The van der Waals surface area contributed by atoms with Crippen molar-refractivity contribution in [2.24, 2.45) is 16.7 Å². The van der Waals surface area contributed by atoms with Crippen LogP contribution < -0.4 is 0 Å². The van der Waals surface area contributed by atoms with E-state index < -0.39 is 0 Å². The van der Waals surface area contributed by atoms with Gasteiger partial charge in [0.2, 0.25) is 0 Å². The molecule has 0 aromatic heterocycles. The Morgan fingerprint density at radius 1 is 1.18 bits per heavy atom. The van der Waals surface area contributed by atoms with Crippen molar-refractivity contribution in [3.63, 3.8) is 0 Å². The number of hydrogen-bond donors (Lipinski definition) is 0. The minimum atomic E-state index is 0.296. The van der Waals surface area contributed by atoms with Crippen molar-refractivity contribution >= 4 is 0 Å². The van der Waals surface area contributed by atoms with Gasteiger partial charge in [-0.25, -0.2) is 0 Å². The molecule has 64 valence electrons. The second-order valence-corrected chi connectivity index (χ2v) is 4.96. The van der Waals surface area contributed by atoms with E-state index in [9.17, 15) is 0 Å². The first kappa shape index (κ1) is 9.09. The van der Waals surface area contributed by atoms with Crippen molar-refractivity contribution in [3.05, 3.63) is 6.42 Å². The molecule has 0 amide bonds. The highest BCUT2D eigenvalue weighted by molar-refractivity contribution is 5.02. The van der Waals surface area contributed by atoms with Crippen LogP contribution in [0.25, 0.3) is 0 Å². The molecule has 0 saturated heterocycles. The molecule has 0 nitrogen and oxygen atoms in total. The molecule has 1 rings (SSSR count). The van der Waals surface area contributed by atoms with Crippen LogP contribution >= 0.6 is 0 Å². The van der Waals surface area contributed by atoms with E-state index >= 15 is 0 Å². The minimum Gasteiger partial charge on any atom is -0.0620 e. The maximum Gasteiger partial charge on any atom is -0.0106 e. The van der Waals surface area contributed by atoms with Gasteiger partial charge in [-0.1, -0.05) is 34.6 Å². The van der Waals surface area contributed by atoms with Gasteiger partial charge in [0.15, 0.2) is 0 Å². The van der Waals surface area contributed by atoms with E-state index in [1.165, 1.54) is 12.8 Å². The van der Waals surface area contributed by atoms with Crippen LogP contribution in [0.2, 0.25) is 0 Å². The van der Waals surface area contributed by atoms with Gasteiger partial charge in [0.1, 0.15) is 0 Å². The Hall–Kier alpha value is 0. The molecular formula is C11H20. The summed E-state index contributed by atoms with van der Waals surface area (Å²) >= 11 is 0. The van der Waals surface area contributed by atoms with E-state index in [0.29, 0.717) is 10.8 Å². The van der Waals surface area contributed by atoms with Gasteiger partial charge in [-0.05, 0) is 36.0 Å². The van der Waals surface area contributed by atoms with Crippen molar-refractivity contribution in [2.75, 3.05) is 0 Å². The lowest BCUT2D eigenvalue weighted by molar-refractivity contribution is 0.0410. The molecule has 0 heteroatoms. The normalized spacial score (nSPS) is 35.2. The second-order valence-electron chi connectivity index (χ2n) is 4.96. The molecule has 0 N–H and O–H groups in total. The van der Waals surface area contributed by atoms with E-state index in [0.717, 1.165) is 5.92 Å². The van der Waals surface area contributed by atoms with Gasteiger partial charge in [-0.3, -0.25) is 0 Å². The molecule has 11 heavy (non-hydrogen) atoms. The number of rotatable bonds is 0. The van der Waals surface area contributed by atoms with Gasteiger partial charge >= 0.3 is 0 Å². The Bertz CT molecular complexity index is 142. The van der Waals surface area contributed by atoms with Gasteiger partial charge in [-0.15, -0.1) is 0 Å². The van der Waals surface area contributed by atoms with Crippen molar-refractivity contribution in [3.8, 4) is 0 Å². The Labute approximate surface area is 71.4 Å². The van der Waals surface area contributed by atoms with Crippen LogP contribution in [0.4, 0.5) is 0 Å². The van der Waals surface area contributed by atoms with Crippen LogP contribution in [0.5, 0.6) is 0 Å². The molecular weight excluding hydrogens is 132 g/mol. The van der Waals surface area contributed by atoms with E-state index in [-0.39, 0.29) is 0 Å². The van der Waals surface area contributed by atoms with Crippen LogP contribution in [0, 0.1) is 23.2 Å². The first-order valence-electron chi connectivity index (χ1n) is 4.63. The summed E-state index contributed by atoms with van der Waals surface area (Å²) in [4.78, 5) is 0. The van der Waals surface area contributed by atoms with E-state index in [1.807, 2.05) is 0 Å². The predicted molar refractivity (Wildman–Crippen MR) is 49.2 cm³/mol.